The van der Waals surface area contributed by atoms with E-state index in [1.165, 1.54) is 10.9 Å². The van der Waals surface area contributed by atoms with Gasteiger partial charge in [-0.1, -0.05) is 18.2 Å². The lowest BCUT2D eigenvalue weighted by Gasteiger charge is -2.33. The molecular weight excluding hydrogens is 320 g/mol. The van der Waals surface area contributed by atoms with Gasteiger partial charge in [-0.05, 0) is 62.4 Å². The Balaban J connectivity index is 1.44. The zero-order valence-corrected chi connectivity index (χ0v) is 14.7. The Morgan fingerprint density at radius 1 is 1.08 bits per heavy atom. The van der Waals surface area contributed by atoms with Crippen molar-refractivity contribution < 1.29 is 8.42 Å². The molecule has 3 heterocycles. The fourth-order valence-electron chi connectivity index (χ4n) is 4.25. The lowest BCUT2D eigenvalue weighted by molar-refractivity contribution is 0.211. The predicted molar refractivity (Wildman–Crippen MR) is 97.0 cm³/mol. The molecule has 0 amide bonds. The first-order valence-electron chi connectivity index (χ1n) is 8.91. The van der Waals surface area contributed by atoms with Crippen LogP contribution in [0.2, 0.25) is 0 Å². The quantitative estimate of drug-likeness (QED) is 0.859. The number of hydrogen-bond acceptors (Lipinski definition) is 4. The number of aromatic nitrogens is 1. The van der Waals surface area contributed by atoms with Gasteiger partial charge in [-0.15, -0.1) is 0 Å². The van der Waals surface area contributed by atoms with Crippen LogP contribution < -0.4 is 0 Å². The maximum absolute atomic E-state index is 12.0. The maximum atomic E-state index is 12.0. The third-order valence-corrected chi connectivity index (χ3v) is 7.89. The smallest absolute Gasteiger partial charge is 0.154 e. The number of pyridine rings is 1. The van der Waals surface area contributed by atoms with E-state index in [4.69, 9.17) is 0 Å². The highest BCUT2D eigenvalue weighted by Crippen LogP contribution is 2.33. The lowest BCUT2D eigenvalue weighted by atomic mass is 9.87. The van der Waals surface area contributed by atoms with E-state index in [0.717, 1.165) is 50.8 Å². The third kappa shape index (κ3) is 3.07. The Bertz CT molecular complexity index is 821. The molecule has 1 atom stereocenters. The van der Waals surface area contributed by atoms with Crippen LogP contribution in [0.3, 0.4) is 0 Å². The number of piperidine rings is 1. The molecule has 0 spiro atoms. The Hall–Kier alpha value is -1.46. The molecule has 0 radical (unpaired) electrons. The minimum Gasteiger partial charge on any atom is -0.302 e. The van der Waals surface area contributed by atoms with E-state index in [1.807, 2.05) is 12.3 Å². The van der Waals surface area contributed by atoms with Crippen molar-refractivity contribution in [3.8, 4) is 0 Å². The summed E-state index contributed by atoms with van der Waals surface area (Å²) in [5.41, 5.74) is 2.46. The first kappa shape index (κ1) is 16.0. The van der Waals surface area contributed by atoms with Crippen LogP contribution in [0.5, 0.6) is 0 Å². The van der Waals surface area contributed by atoms with Crippen LogP contribution in [-0.4, -0.2) is 48.9 Å². The van der Waals surface area contributed by atoms with Gasteiger partial charge in [-0.2, -0.15) is 0 Å². The van der Waals surface area contributed by atoms with Crippen LogP contribution in [-0.2, 0) is 9.84 Å². The van der Waals surface area contributed by atoms with E-state index in [9.17, 15) is 8.42 Å². The van der Waals surface area contributed by atoms with Crippen molar-refractivity contribution in [1.29, 1.82) is 0 Å². The van der Waals surface area contributed by atoms with Crippen molar-refractivity contribution in [2.24, 2.45) is 0 Å². The van der Waals surface area contributed by atoms with Crippen LogP contribution in [0.25, 0.3) is 10.9 Å². The zero-order valence-electron chi connectivity index (χ0n) is 13.9. The van der Waals surface area contributed by atoms with Gasteiger partial charge in [0, 0.05) is 18.1 Å². The zero-order chi connectivity index (χ0) is 16.6. The topological polar surface area (TPSA) is 50.3 Å². The van der Waals surface area contributed by atoms with E-state index in [0.29, 0.717) is 11.7 Å². The molecule has 0 aliphatic carbocycles. The average Bonchev–Trinajstić information content (AvgIpc) is 2.93. The highest BCUT2D eigenvalue weighted by Gasteiger charge is 2.33. The van der Waals surface area contributed by atoms with Gasteiger partial charge in [-0.3, -0.25) is 4.98 Å². The molecule has 2 saturated heterocycles. The molecule has 1 aromatic carbocycles. The number of fused-ring (bicyclic) bond motifs is 1. The first-order valence-corrected chi connectivity index (χ1v) is 10.6. The number of para-hydroxylation sites is 1. The number of likely N-dealkylation sites (tertiary alicyclic amines) is 1. The molecule has 2 fully saturated rings. The van der Waals surface area contributed by atoms with E-state index < -0.39 is 9.84 Å². The molecule has 1 aromatic heterocycles. The molecule has 0 bridgehead atoms. The molecule has 128 valence electrons. The minimum atomic E-state index is -2.83. The van der Waals surface area contributed by atoms with Crippen molar-refractivity contribution in [2.45, 2.75) is 36.9 Å². The second-order valence-electron chi connectivity index (χ2n) is 7.12. The molecule has 4 rings (SSSR count). The summed E-state index contributed by atoms with van der Waals surface area (Å²) in [6.07, 6.45) is 5.79. The van der Waals surface area contributed by atoms with Crippen molar-refractivity contribution in [1.82, 2.24) is 9.88 Å². The van der Waals surface area contributed by atoms with Crippen molar-refractivity contribution in [2.75, 3.05) is 25.4 Å². The summed E-state index contributed by atoms with van der Waals surface area (Å²) in [6, 6.07) is 10.5. The molecule has 2 aromatic rings. The van der Waals surface area contributed by atoms with Crippen LogP contribution in [0.15, 0.2) is 36.5 Å². The standard InChI is InChI=1S/C19H24N2O2S/c22-24(23)13-3-4-16(24)14-21-11-8-15(9-12-21)17-7-10-20-19-6-2-1-5-18(17)19/h1-2,5-7,10,15-16H,3-4,8-9,11-14H2. The summed E-state index contributed by atoms with van der Waals surface area (Å²) < 4.78 is 24.1. The van der Waals surface area contributed by atoms with Crippen LogP contribution in [0.4, 0.5) is 0 Å². The van der Waals surface area contributed by atoms with E-state index in [-0.39, 0.29) is 5.25 Å². The summed E-state index contributed by atoms with van der Waals surface area (Å²) in [4.78, 5) is 6.81. The molecule has 2 aliphatic rings. The molecular formula is C19H24N2O2S. The fraction of sp³-hybridized carbons (Fsp3) is 0.526. The Labute approximate surface area is 143 Å². The fourth-order valence-corrected chi connectivity index (χ4v) is 6.12. The van der Waals surface area contributed by atoms with Crippen LogP contribution in [0.1, 0.15) is 37.2 Å². The Morgan fingerprint density at radius 2 is 1.88 bits per heavy atom. The summed E-state index contributed by atoms with van der Waals surface area (Å²) in [7, 11) is -2.83. The minimum absolute atomic E-state index is 0.129. The maximum Gasteiger partial charge on any atom is 0.154 e. The molecule has 5 heteroatoms. The average molecular weight is 344 g/mol. The van der Waals surface area contributed by atoms with Gasteiger partial charge in [0.15, 0.2) is 9.84 Å². The highest BCUT2D eigenvalue weighted by atomic mass is 32.2. The highest BCUT2D eigenvalue weighted by molar-refractivity contribution is 7.92. The number of sulfone groups is 1. The number of rotatable bonds is 3. The summed E-state index contributed by atoms with van der Waals surface area (Å²) in [6.45, 7) is 2.72. The van der Waals surface area contributed by atoms with E-state index in [1.54, 1.807) is 0 Å². The molecule has 4 nitrogen and oxygen atoms in total. The molecule has 24 heavy (non-hydrogen) atoms. The van der Waals surface area contributed by atoms with Gasteiger partial charge < -0.3 is 4.90 Å². The second-order valence-corrected chi connectivity index (χ2v) is 9.52. The third-order valence-electron chi connectivity index (χ3n) is 5.63. The monoisotopic (exact) mass is 344 g/mol. The summed E-state index contributed by atoms with van der Waals surface area (Å²) in [5.74, 6) is 0.936. The molecule has 0 N–H and O–H groups in total. The molecule has 0 saturated carbocycles. The van der Waals surface area contributed by atoms with Crippen LogP contribution >= 0.6 is 0 Å². The number of benzene rings is 1. The summed E-state index contributed by atoms with van der Waals surface area (Å²) in [5, 5.41) is 1.13. The van der Waals surface area contributed by atoms with Crippen LogP contribution in [0, 0.1) is 0 Å². The Kier molecular flexibility index (Phi) is 4.31. The largest absolute Gasteiger partial charge is 0.302 e. The van der Waals surface area contributed by atoms with Crippen molar-refractivity contribution >= 4 is 20.7 Å². The number of nitrogens with zero attached hydrogens (tertiary/aromatic N) is 2. The first-order chi connectivity index (χ1) is 11.6. The van der Waals surface area contributed by atoms with Gasteiger partial charge in [0.2, 0.25) is 0 Å². The van der Waals surface area contributed by atoms with E-state index in [2.05, 4.69) is 34.1 Å². The van der Waals surface area contributed by atoms with Gasteiger partial charge >= 0.3 is 0 Å². The van der Waals surface area contributed by atoms with Crippen molar-refractivity contribution in [3.05, 3.63) is 42.1 Å². The van der Waals surface area contributed by atoms with Crippen molar-refractivity contribution in [3.63, 3.8) is 0 Å². The van der Waals surface area contributed by atoms with E-state index >= 15 is 0 Å². The van der Waals surface area contributed by atoms with Gasteiger partial charge in [-0.25, -0.2) is 8.42 Å². The number of hydrogen-bond donors (Lipinski definition) is 0. The second kappa shape index (κ2) is 6.45. The van der Waals surface area contributed by atoms with Gasteiger partial charge in [0.1, 0.15) is 0 Å². The van der Waals surface area contributed by atoms with Gasteiger partial charge in [0.25, 0.3) is 0 Å². The van der Waals surface area contributed by atoms with Gasteiger partial charge in [0.05, 0.1) is 16.5 Å². The lowest BCUT2D eigenvalue weighted by Crippen LogP contribution is -2.39. The molecule has 1 unspecified atom stereocenters. The predicted octanol–water partition coefficient (Wildman–Crippen LogP) is 2.99. The SMILES string of the molecule is O=S1(=O)CCCC1CN1CCC(c2ccnc3ccccc23)CC1. The Morgan fingerprint density at radius 3 is 2.62 bits per heavy atom. The summed E-state index contributed by atoms with van der Waals surface area (Å²) >= 11 is 0. The normalized spacial score (nSPS) is 25.2. The molecule has 2 aliphatic heterocycles.